The van der Waals surface area contributed by atoms with Crippen molar-refractivity contribution in [2.75, 3.05) is 47.8 Å². The Kier molecular flexibility index (Phi) is 8.94. The van der Waals surface area contributed by atoms with E-state index < -0.39 is 22.0 Å². The van der Waals surface area contributed by atoms with Crippen molar-refractivity contribution in [1.29, 1.82) is 0 Å². The Morgan fingerprint density at radius 1 is 0.946 bits per heavy atom. The van der Waals surface area contributed by atoms with Crippen molar-refractivity contribution in [3.8, 4) is 28.7 Å². The molecule has 0 aromatic heterocycles. The van der Waals surface area contributed by atoms with Gasteiger partial charge in [-0.25, -0.2) is 18.3 Å². The summed E-state index contributed by atoms with van der Waals surface area (Å²) < 4.78 is 58.9. The first-order valence-electron chi connectivity index (χ1n) is 11.3. The number of nitrogens with zero attached hydrogens (tertiary/aromatic N) is 1. The Labute approximate surface area is 215 Å². The van der Waals surface area contributed by atoms with Gasteiger partial charge in [-0.1, -0.05) is 0 Å². The lowest BCUT2D eigenvalue weighted by Gasteiger charge is -2.21. The fourth-order valence-corrected chi connectivity index (χ4v) is 4.96. The Bertz CT molecular complexity index is 1210. The highest BCUT2D eigenvalue weighted by Gasteiger charge is 2.32. The van der Waals surface area contributed by atoms with Crippen LogP contribution in [0.15, 0.2) is 29.2 Å². The van der Waals surface area contributed by atoms with Crippen molar-refractivity contribution < 1.29 is 46.8 Å². The second-order valence-corrected chi connectivity index (χ2v) is 10.3. The van der Waals surface area contributed by atoms with E-state index in [1.807, 2.05) is 12.1 Å². The number of nitrogens with two attached hydrogens (primary N) is 1. The molecule has 2 aromatic rings. The number of hydroxylamine groups is 2. The molecule has 1 saturated heterocycles. The molecule has 0 spiro atoms. The third-order valence-corrected chi connectivity index (χ3v) is 7.02. The molecule has 12 nitrogen and oxygen atoms in total. The molecule has 3 N–H and O–H groups in total. The Morgan fingerprint density at radius 3 is 1.86 bits per heavy atom. The summed E-state index contributed by atoms with van der Waals surface area (Å²) in [7, 11) is 2.23. The van der Waals surface area contributed by atoms with Gasteiger partial charge >= 0.3 is 6.03 Å². The van der Waals surface area contributed by atoms with Crippen molar-refractivity contribution in [1.82, 2.24) is 5.06 Å². The van der Waals surface area contributed by atoms with E-state index in [1.54, 1.807) is 6.07 Å². The summed E-state index contributed by atoms with van der Waals surface area (Å²) in [6.45, 7) is -0.494. The van der Waals surface area contributed by atoms with Gasteiger partial charge in [0.25, 0.3) is 0 Å². The van der Waals surface area contributed by atoms with Gasteiger partial charge in [-0.05, 0) is 48.2 Å². The number of amides is 2. The molecule has 0 radical (unpaired) electrons. The standard InChI is InChI=1S/C24H32N2O10S/c1-31-18-10-14(11-19(32-2)22(18)34-4)16-6-7-17(36-16)15-12-20(33-3)23(21(13-15)37(5,29)30)35-9-8-26(28)24(25)27/h10-13,16-17,28H,6-9H2,1-5H3,(H2,25,27)/t16-,17-/m1/s1. The number of methoxy groups -OCH3 is 4. The van der Waals surface area contributed by atoms with Crippen molar-refractivity contribution in [3.63, 3.8) is 0 Å². The third-order valence-electron chi connectivity index (χ3n) is 5.92. The molecule has 13 heteroatoms. The van der Waals surface area contributed by atoms with Gasteiger partial charge in [0.2, 0.25) is 5.75 Å². The first-order valence-corrected chi connectivity index (χ1v) is 13.2. The van der Waals surface area contributed by atoms with E-state index in [0.717, 1.165) is 11.8 Å². The minimum atomic E-state index is -3.75. The van der Waals surface area contributed by atoms with Crippen molar-refractivity contribution in [2.24, 2.45) is 5.73 Å². The molecular formula is C24H32N2O10S. The fraction of sp³-hybridized carbons (Fsp3) is 0.458. The molecule has 1 aliphatic rings. The molecule has 2 atom stereocenters. The monoisotopic (exact) mass is 540 g/mol. The average molecular weight is 541 g/mol. The van der Waals surface area contributed by atoms with Gasteiger partial charge in [0.05, 0.1) is 47.2 Å². The number of hydrogen-bond acceptors (Lipinski definition) is 10. The summed E-state index contributed by atoms with van der Waals surface area (Å²) in [4.78, 5) is 10.9. The molecule has 3 rings (SSSR count). The Morgan fingerprint density at radius 2 is 1.43 bits per heavy atom. The van der Waals surface area contributed by atoms with E-state index in [4.69, 9.17) is 34.2 Å². The highest BCUT2D eigenvalue weighted by Crippen LogP contribution is 2.47. The van der Waals surface area contributed by atoms with Crippen LogP contribution in [-0.2, 0) is 14.6 Å². The van der Waals surface area contributed by atoms with Gasteiger partial charge in [-0.2, -0.15) is 0 Å². The summed E-state index contributed by atoms with van der Waals surface area (Å²) in [5, 5.41) is 9.71. The molecule has 204 valence electrons. The molecule has 1 fully saturated rings. The summed E-state index contributed by atoms with van der Waals surface area (Å²) >= 11 is 0. The van der Waals surface area contributed by atoms with Gasteiger partial charge in [0.1, 0.15) is 11.5 Å². The maximum Gasteiger partial charge on any atom is 0.338 e. The lowest BCUT2D eigenvalue weighted by atomic mass is 10.0. The maximum atomic E-state index is 12.6. The summed E-state index contributed by atoms with van der Waals surface area (Å²) in [6.07, 6.45) is 1.61. The first kappa shape index (κ1) is 28.2. The second kappa shape index (κ2) is 11.8. The number of carbonyl (C=O) groups is 1. The number of carbonyl (C=O) groups excluding carboxylic acids is 1. The SMILES string of the molecule is COc1cc([C@H]2CC[C@H](c3cc(OC)c(OCCN(O)C(N)=O)c(S(C)(=O)=O)c3)O2)cc(OC)c1OC. The van der Waals surface area contributed by atoms with Crippen molar-refractivity contribution in [2.45, 2.75) is 29.9 Å². The number of sulfone groups is 1. The van der Waals surface area contributed by atoms with Gasteiger partial charge in [-0.15, -0.1) is 0 Å². The molecule has 0 bridgehead atoms. The largest absolute Gasteiger partial charge is 0.493 e. The van der Waals surface area contributed by atoms with Crippen LogP contribution in [0.5, 0.6) is 28.7 Å². The van der Waals surface area contributed by atoms with Crippen molar-refractivity contribution >= 4 is 15.9 Å². The van der Waals surface area contributed by atoms with Crippen LogP contribution in [0, 0.1) is 0 Å². The van der Waals surface area contributed by atoms with Crippen LogP contribution in [0.4, 0.5) is 4.79 Å². The van der Waals surface area contributed by atoms with E-state index in [0.29, 0.717) is 35.7 Å². The molecule has 1 heterocycles. The van der Waals surface area contributed by atoms with E-state index in [9.17, 15) is 18.4 Å². The van der Waals surface area contributed by atoms with Gasteiger partial charge in [-0.3, -0.25) is 5.21 Å². The van der Waals surface area contributed by atoms with Crippen LogP contribution < -0.4 is 29.4 Å². The topological polar surface area (TPSA) is 156 Å². The number of primary amides is 1. The minimum absolute atomic E-state index is 0.0363. The van der Waals surface area contributed by atoms with E-state index >= 15 is 0 Å². The third kappa shape index (κ3) is 6.29. The number of benzene rings is 2. The zero-order chi connectivity index (χ0) is 27.3. The normalized spacial score (nSPS) is 17.2. The number of urea groups is 1. The number of hydrogen-bond donors (Lipinski definition) is 2. The summed E-state index contributed by atoms with van der Waals surface area (Å²) in [5.74, 6) is 1.61. The fourth-order valence-electron chi connectivity index (χ4n) is 4.11. The Hall–Kier alpha value is -3.42. The number of rotatable bonds is 11. The minimum Gasteiger partial charge on any atom is -0.493 e. The highest BCUT2D eigenvalue weighted by molar-refractivity contribution is 7.90. The molecule has 0 unspecified atom stereocenters. The molecular weight excluding hydrogens is 508 g/mol. The maximum absolute atomic E-state index is 12.6. The second-order valence-electron chi connectivity index (χ2n) is 8.28. The quantitative estimate of drug-likeness (QED) is 0.321. The highest BCUT2D eigenvalue weighted by atomic mass is 32.2. The zero-order valence-corrected chi connectivity index (χ0v) is 22.2. The predicted molar refractivity (Wildman–Crippen MR) is 132 cm³/mol. The van der Waals surface area contributed by atoms with Crippen LogP contribution in [0.25, 0.3) is 0 Å². The summed E-state index contributed by atoms with van der Waals surface area (Å²) in [5.41, 5.74) is 6.41. The molecule has 1 aliphatic heterocycles. The van der Waals surface area contributed by atoms with E-state index in [2.05, 4.69) is 0 Å². The van der Waals surface area contributed by atoms with Gasteiger partial charge in [0.15, 0.2) is 32.8 Å². The van der Waals surface area contributed by atoms with E-state index in [-0.39, 0.29) is 40.7 Å². The average Bonchev–Trinajstić information content (AvgIpc) is 3.37. The lowest BCUT2D eigenvalue weighted by molar-refractivity contribution is -0.0467. The van der Waals surface area contributed by atoms with Crippen LogP contribution in [-0.4, -0.2) is 72.6 Å². The number of ether oxygens (including phenoxy) is 6. The Balaban J connectivity index is 1.90. The van der Waals surface area contributed by atoms with Crippen LogP contribution in [0.3, 0.4) is 0 Å². The smallest absolute Gasteiger partial charge is 0.338 e. The summed E-state index contributed by atoms with van der Waals surface area (Å²) in [6, 6.07) is 5.72. The molecule has 37 heavy (non-hydrogen) atoms. The van der Waals surface area contributed by atoms with Crippen LogP contribution >= 0.6 is 0 Å². The molecule has 2 aromatic carbocycles. The van der Waals surface area contributed by atoms with Gasteiger partial charge in [0, 0.05) is 6.26 Å². The predicted octanol–water partition coefficient (Wildman–Crippen LogP) is 2.87. The molecule has 0 aliphatic carbocycles. The van der Waals surface area contributed by atoms with Crippen LogP contribution in [0.1, 0.15) is 36.2 Å². The molecule has 0 saturated carbocycles. The van der Waals surface area contributed by atoms with Crippen LogP contribution in [0.2, 0.25) is 0 Å². The van der Waals surface area contributed by atoms with Gasteiger partial charge < -0.3 is 34.2 Å². The first-order chi connectivity index (χ1) is 17.5. The lowest BCUT2D eigenvalue weighted by Crippen LogP contribution is -2.35. The van der Waals surface area contributed by atoms with E-state index in [1.165, 1.54) is 34.5 Å². The van der Waals surface area contributed by atoms with Crippen molar-refractivity contribution in [3.05, 3.63) is 35.4 Å². The molecule has 2 amide bonds. The zero-order valence-electron chi connectivity index (χ0n) is 21.3.